The van der Waals surface area contributed by atoms with Crippen LogP contribution in [0.15, 0.2) is 43.0 Å². The van der Waals surface area contributed by atoms with Gasteiger partial charge in [-0.2, -0.15) is 0 Å². The fraction of sp³-hybridized carbons (Fsp3) is 0.250. The first-order valence-electron chi connectivity index (χ1n) is 5.07. The summed E-state index contributed by atoms with van der Waals surface area (Å²) in [5.41, 5.74) is 0. The molecule has 4 nitrogen and oxygen atoms in total. The molecule has 0 saturated heterocycles. The summed E-state index contributed by atoms with van der Waals surface area (Å²) in [6, 6.07) is 9.10. The van der Waals surface area contributed by atoms with E-state index in [-0.39, 0.29) is 12.5 Å². The van der Waals surface area contributed by atoms with Crippen molar-refractivity contribution in [2.75, 3.05) is 6.54 Å². The van der Waals surface area contributed by atoms with Gasteiger partial charge < -0.3 is 15.2 Å². The predicted molar refractivity (Wildman–Crippen MR) is 69.0 cm³/mol. The largest absolute Gasteiger partial charge is 0.476 e. The Labute approximate surface area is 108 Å². The van der Waals surface area contributed by atoms with E-state index in [0.29, 0.717) is 5.75 Å². The number of aliphatic hydroxyl groups is 1. The average Bonchev–Trinajstić information content (AvgIpc) is 2.36. The first kappa shape index (κ1) is 13.7. The minimum atomic E-state index is -0.848. The summed E-state index contributed by atoms with van der Waals surface area (Å²) < 4.78 is 5.43. The van der Waals surface area contributed by atoms with Crippen molar-refractivity contribution in [3.63, 3.8) is 0 Å². The lowest BCUT2D eigenvalue weighted by Gasteiger charge is -2.19. The number of hydrogen-bond acceptors (Lipinski definition) is 3. The van der Waals surface area contributed by atoms with Crippen LogP contribution in [0, 0.1) is 0 Å². The quantitative estimate of drug-likeness (QED) is 0.617. The summed E-state index contributed by atoms with van der Waals surface area (Å²) in [7, 11) is 0. The summed E-state index contributed by atoms with van der Waals surface area (Å²) in [5.74, 6) is 0.312. The monoisotopic (exact) mass is 299 g/mol. The van der Waals surface area contributed by atoms with Crippen molar-refractivity contribution in [1.29, 1.82) is 0 Å². The zero-order valence-corrected chi connectivity index (χ0v) is 10.8. The van der Waals surface area contributed by atoms with E-state index in [2.05, 4.69) is 27.8 Å². The molecule has 5 heteroatoms. The zero-order valence-electron chi connectivity index (χ0n) is 9.17. The molecule has 0 aromatic heterocycles. The second-order valence-electron chi connectivity index (χ2n) is 3.30. The highest BCUT2D eigenvalue weighted by Gasteiger charge is 2.17. The second kappa shape index (κ2) is 7.09. The smallest absolute Gasteiger partial charge is 0.243 e. The molecule has 1 amide bonds. The van der Waals surface area contributed by atoms with Crippen molar-refractivity contribution < 1.29 is 14.6 Å². The van der Waals surface area contributed by atoms with Crippen molar-refractivity contribution in [2.45, 2.75) is 11.1 Å². The first-order valence-corrected chi connectivity index (χ1v) is 5.99. The molecular formula is C12H14BrNO3. The van der Waals surface area contributed by atoms with Crippen LogP contribution >= 0.6 is 15.9 Å². The highest BCUT2D eigenvalue weighted by Crippen LogP contribution is 2.15. The molecule has 17 heavy (non-hydrogen) atoms. The van der Waals surface area contributed by atoms with Crippen LogP contribution in [-0.4, -0.2) is 28.7 Å². The van der Waals surface area contributed by atoms with Gasteiger partial charge in [0.1, 0.15) is 11.9 Å². The molecule has 0 aliphatic rings. The van der Waals surface area contributed by atoms with Crippen LogP contribution in [0.5, 0.6) is 5.75 Å². The van der Waals surface area contributed by atoms with Crippen molar-refractivity contribution in [3.05, 3.63) is 43.0 Å². The Hall–Kier alpha value is -1.33. The molecule has 0 aliphatic heterocycles. The van der Waals surface area contributed by atoms with Crippen molar-refractivity contribution in [2.24, 2.45) is 0 Å². The number of carbonyl (C=O) groups excluding carboxylic acids is 1. The highest BCUT2D eigenvalue weighted by atomic mass is 79.9. The van der Waals surface area contributed by atoms with E-state index in [0.717, 1.165) is 6.08 Å². The number of alkyl halides is 1. The molecule has 0 heterocycles. The number of carbonyl (C=O) groups is 1. The van der Waals surface area contributed by atoms with Crippen molar-refractivity contribution >= 4 is 21.8 Å². The second-order valence-corrected chi connectivity index (χ2v) is 4.20. The van der Waals surface area contributed by atoms with Gasteiger partial charge in [0.15, 0.2) is 5.01 Å². The zero-order chi connectivity index (χ0) is 12.7. The molecule has 0 fully saturated rings. The van der Waals surface area contributed by atoms with Gasteiger partial charge in [0.25, 0.3) is 0 Å². The Kier molecular flexibility index (Phi) is 5.72. The van der Waals surface area contributed by atoms with Crippen LogP contribution in [0.4, 0.5) is 0 Å². The van der Waals surface area contributed by atoms with Gasteiger partial charge in [-0.1, -0.05) is 24.8 Å². The minimum absolute atomic E-state index is 0.0909. The van der Waals surface area contributed by atoms with Gasteiger partial charge in [-0.25, -0.2) is 0 Å². The maximum Gasteiger partial charge on any atom is 0.243 e. The number of nitrogens with one attached hydrogen (secondary N) is 1. The fourth-order valence-electron chi connectivity index (χ4n) is 1.08. The Bertz CT molecular complexity index is 369. The van der Waals surface area contributed by atoms with Crippen molar-refractivity contribution in [3.8, 4) is 5.75 Å². The lowest BCUT2D eigenvalue weighted by atomic mass is 10.3. The maximum atomic E-state index is 10.9. The molecule has 1 aromatic carbocycles. The van der Waals surface area contributed by atoms with E-state index >= 15 is 0 Å². The molecule has 2 N–H and O–H groups in total. The topological polar surface area (TPSA) is 58.6 Å². The fourth-order valence-corrected chi connectivity index (χ4v) is 1.48. The standard InChI is InChI=1S/C12H14BrNO3/c1-2-11(16)14-8-10(15)12(13)17-9-6-4-3-5-7-9/h2-7,10,12,15H,1,8H2,(H,14,16). The minimum Gasteiger partial charge on any atom is -0.476 e. The van der Waals surface area contributed by atoms with Crippen LogP contribution in [-0.2, 0) is 4.79 Å². The third kappa shape index (κ3) is 5.01. The van der Waals surface area contributed by atoms with Gasteiger partial charge in [-0.05, 0) is 34.1 Å². The summed E-state index contributed by atoms with van der Waals surface area (Å²) in [4.78, 5) is 10.9. The van der Waals surface area contributed by atoms with E-state index in [4.69, 9.17) is 4.74 Å². The SMILES string of the molecule is C=CC(=O)NCC(O)C(Br)Oc1ccccc1. The molecule has 0 spiro atoms. The number of para-hydroxylation sites is 1. The van der Waals surface area contributed by atoms with Crippen molar-refractivity contribution in [1.82, 2.24) is 5.32 Å². The molecular weight excluding hydrogens is 286 g/mol. The van der Waals surface area contributed by atoms with Crippen LogP contribution in [0.1, 0.15) is 0 Å². The van der Waals surface area contributed by atoms with Gasteiger partial charge in [0.2, 0.25) is 5.91 Å². The predicted octanol–water partition coefficient (Wildman–Crippen LogP) is 1.45. The number of hydrogen-bond donors (Lipinski definition) is 2. The van der Waals surface area contributed by atoms with E-state index in [1.54, 1.807) is 12.1 Å². The van der Waals surface area contributed by atoms with E-state index in [9.17, 15) is 9.90 Å². The molecule has 2 atom stereocenters. The summed E-state index contributed by atoms with van der Waals surface area (Å²) in [5, 5.41) is 11.6. The normalized spacial score (nSPS) is 13.5. The van der Waals surface area contributed by atoms with E-state index in [1.165, 1.54) is 0 Å². The molecule has 0 saturated carbocycles. The lowest BCUT2D eigenvalue weighted by molar-refractivity contribution is -0.117. The molecule has 0 aliphatic carbocycles. The van der Waals surface area contributed by atoms with Gasteiger partial charge in [0, 0.05) is 6.54 Å². The Balaban J connectivity index is 2.39. The molecule has 1 rings (SSSR count). The van der Waals surface area contributed by atoms with Crippen LogP contribution in [0.25, 0.3) is 0 Å². The lowest BCUT2D eigenvalue weighted by Crippen LogP contribution is -2.38. The Morgan fingerprint density at radius 1 is 1.53 bits per heavy atom. The number of halogens is 1. The van der Waals surface area contributed by atoms with Crippen LogP contribution < -0.4 is 10.1 Å². The third-order valence-electron chi connectivity index (χ3n) is 1.97. The molecule has 92 valence electrons. The van der Waals surface area contributed by atoms with Gasteiger partial charge in [-0.3, -0.25) is 4.79 Å². The number of rotatable bonds is 6. The van der Waals surface area contributed by atoms with Crippen LogP contribution in [0.3, 0.4) is 0 Å². The number of aliphatic hydroxyl groups excluding tert-OH is 1. The molecule has 2 unspecified atom stereocenters. The molecule has 1 aromatic rings. The Morgan fingerprint density at radius 2 is 2.18 bits per heavy atom. The number of ether oxygens (including phenoxy) is 1. The van der Waals surface area contributed by atoms with Gasteiger partial charge in [0.05, 0.1) is 0 Å². The number of amides is 1. The molecule has 0 radical (unpaired) electrons. The average molecular weight is 300 g/mol. The molecule has 0 bridgehead atoms. The maximum absolute atomic E-state index is 10.9. The first-order chi connectivity index (χ1) is 8.13. The van der Waals surface area contributed by atoms with Gasteiger partial charge >= 0.3 is 0 Å². The summed E-state index contributed by atoms with van der Waals surface area (Å²) in [6.45, 7) is 3.41. The number of benzene rings is 1. The Morgan fingerprint density at radius 3 is 2.76 bits per heavy atom. The third-order valence-corrected chi connectivity index (χ3v) is 2.76. The summed E-state index contributed by atoms with van der Waals surface area (Å²) in [6.07, 6.45) is 0.299. The van der Waals surface area contributed by atoms with E-state index < -0.39 is 11.1 Å². The van der Waals surface area contributed by atoms with Gasteiger partial charge in [-0.15, -0.1) is 0 Å². The van der Waals surface area contributed by atoms with Crippen LogP contribution in [0.2, 0.25) is 0 Å². The summed E-state index contributed by atoms with van der Waals surface area (Å²) >= 11 is 3.20. The van der Waals surface area contributed by atoms with E-state index in [1.807, 2.05) is 18.2 Å². The highest BCUT2D eigenvalue weighted by molar-refractivity contribution is 9.09.